The van der Waals surface area contributed by atoms with Gasteiger partial charge in [-0.25, -0.2) is 8.42 Å². The second-order valence-corrected chi connectivity index (χ2v) is 11.8. The van der Waals surface area contributed by atoms with Gasteiger partial charge in [0, 0.05) is 31.7 Å². The van der Waals surface area contributed by atoms with E-state index in [0.717, 1.165) is 16.7 Å². The lowest BCUT2D eigenvalue weighted by molar-refractivity contribution is 0.0977. The van der Waals surface area contributed by atoms with E-state index < -0.39 is 10.0 Å². The summed E-state index contributed by atoms with van der Waals surface area (Å²) in [5.41, 5.74) is 4.99. The Balaban J connectivity index is 1.45. The normalized spacial score (nSPS) is 14.3. The molecule has 37 heavy (non-hydrogen) atoms. The maximum atomic E-state index is 13.1. The van der Waals surface area contributed by atoms with E-state index >= 15 is 0 Å². The van der Waals surface area contributed by atoms with Crippen LogP contribution in [0.25, 0.3) is 0 Å². The van der Waals surface area contributed by atoms with E-state index in [4.69, 9.17) is 23.8 Å². The predicted octanol–water partition coefficient (Wildman–Crippen LogP) is 4.90. The second-order valence-electron chi connectivity index (χ2n) is 9.05. The highest BCUT2D eigenvalue weighted by Gasteiger charge is 2.30. The second kappa shape index (κ2) is 11.2. The monoisotopic (exact) mass is 556 g/mol. The van der Waals surface area contributed by atoms with Crippen LogP contribution in [0.1, 0.15) is 27.0 Å². The van der Waals surface area contributed by atoms with Gasteiger partial charge in [-0.05, 0) is 80.5 Å². The lowest BCUT2D eigenvalue weighted by atomic mass is 10.1. The zero-order valence-corrected chi connectivity index (χ0v) is 23.3. The van der Waals surface area contributed by atoms with Crippen molar-refractivity contribution in [1.29, 1.82) is 0 Å². The Morgan fingerprint density at radius 2 is 1.59 bits per heavy atom. The van der Waals surface area contributed by atoms with Gasteiger partial charge in [0.1, 0.15) is 0 Å². The number of anilines is 2. The Kier molecular flexibility index (Phi) is 8.18. The summed E-state index contributed by atoms with van der Waals surface area (Å²) in [6.45, 7) is 7.39. The van der Waals surface area contributed by atoms with Gasteiger partial charge < -0.3 is 10.2 Å². The Morgan fingerprint density at radius 1 is 0.919 bits per heavy atom. The summed E-state index contributed by atoms with van der Waals surface area (Å²) >= 11 is 12.0. The molecule has 7 nitrogen and oxygen atoms in total. The topological polar surface area (TPSA) is 81.8 Å². The lowest BCUT2D eigenvalue weighted by Crippen LogP contribution is -2.49. The number of rotatable bonds is 5. The zero-order chi connectivity index (χ0) is 26.7. The van der Waals surface area contributed by atoms with Crippen LogP contribution in [0, 0.1) is 20.8 Å². The molecule has 3 aromatic carbocycles. The Labute approximate surface area is 228 Å². The van der Waals surface area contributed by atoms with Gasteiger partial charge in [-0.3, -0.25) is 10.1 Å². The number of nitrogens with zero attached hydrogens (tertiary/aromatic N) is 2. The molecule has 0 aromatic heterocycles. The summed E-state index contributed by atoms with van der Waals surface area (Å²) in [6.07, 6.45) is 0. The fourth-order valence-electron chi connectivity index (χ4n) is 4.16. The minimum atomic E-state index is -3.58. The third-order valence-corrected chi connectivity index (χ3v) is 8.87. The number of hydrogen-bond donors (Lipinski definition) is 2. The molecule has 0 unspecified atom stereocenters. The molecule has 10 heteroatoms. The molecule has 0 aliphatic carbocycles. The maximum Gasteiger partial charge on any atom is 0.257 e. The zero-order valence-electron chi connectivity index (χ0n) is 20.9. The number of benzene rings is 3. The van der Waals surface area contributed by atoms with Crippen LogP contribution in [0.4, 0.5) is 11.4 Å². The smallest absolute Gasteiger partial charge is 0.257 e. The van der Waals surface area contributed by atoms with Crippen molar-refractivity contribution in [2.24, 2.45) is 0 Å². The van der Waals surface area contributed by atoms with Crippen LogP contribution in [-0.4, -0.2) is 49.9 Å². The van der Waals surface area contributed by atoms with E-state index in [1.165, 1.54) is 4.31 Å². The quantitative estimate of drug-likeness (QED) is 0.435. The van der Waals surface area contributed by atoms with Gasteiger partial charge in [0.05, 0.1) is 21.3 Å². The molecule has 1 aliphatic rings. The molecule has 0 saturated carbocycles. The highest BCUT2D eigenvalue weighted by molar-refractivity contribution is 7.89. The van der Waals surface area contributed by atoms with Crippen molar-refractivity contribution in [3.05, 3.63) is 87.9 Å². The standard InChI is InChI=1S/C27H29ClN4O3S2/c1-18-7-11-22(12-8-18)37(34,35)32-15-13-31(14-16-32)25-23(28)5-4-6-24(25)29-27(36)30-26(33)21-10-9-19(2)20(3)17-21/h4-12,17H,13-16H2,1-3H3,(H2,29,30,33,36). The number of aryl methyl sites for hydroxylation is 3. The number of sulfonamides is 1. The molecule has 0 bridgehead atoms. The van der Waals surface area contributed by atoms with Crippen LogP contribution in [0.3, 0.4) is 0 Å². The maximum absolute atomic E-state index is 13.1. The van der Waals surface area contributed by atoms with E-state index in [2.05, 4.69) is 10.6 Å². The van der Waals surface area contributed by atoms with Gasteiger partial charge in [0.15, 0.2) is 5.11 Å². The number of carbonyl (C=O) groups excluding carboxylic acids is 1. The number of nitrogens with one attached hydrogen (secondary N) is 2. The molecule has 3 aromatic rings. The summed E-state index contributed by atoms with van der Waals surface area (Å²) in [7, 11) is -3.58. The first-order chi connectivity index (χ1) is 17.6. The number of hydrogen-bond acceptors (Lipinski definition) is 5. The number of halogens is 1. The summed E-state index contributed by atoms with van der Waals surface area (Å²) in [5, 5.41) is 6.46. The van der Waals surface area contributed by atoms with Gasteiger partial charge in [-0.2, -0.15) is 4.31 Å². The number of thiocarbonyl (C=S) groups is 1. The predicted molar refractivity (Wildman–Crippen MR) is 153 cm³/mol. The van der Waals surface area contributed by atoms with Crippen molar-refractivity contribution in [1.82, 2.24) is 9.62 Å². The van der Waals surface area contributed by atoms with Gasteiger partial charge >= 0.3 is 0 Å². The highest BCUT2D eigenvalue weighted by Crippen LogP contribution is 2.35. The number of carbonyl (C=O) groups is 1. The molecule has 1 amide bonds. The minimum Gasteiger partial charge on any atom is -0.366 e. The van der Waals surface area contributed by atoms with E-state index in [1.54, 1.807) is 42.5 Å². The number of amides is 1. The summed E-state index contributed by atoms with van der Waals surface area (Å²) in [6, 6.07) is 17.7. The van der Waals surface area contributed by atoms with Gasteiger partial charge in [-0.15, -0.1) is 0 Å². The summed E-state index contributed by atoms with van der Waals surface area (Å²) in [5.74, 6) is -0.306. The lowest BCUT2D eigenvalue weighted by Gasteiger charge is -2.36. The fourth-order valence-corrected chi connectivity index (χ4v) is 6.08. The van der Waals surface area contributed by atoms with E-state index in [1.807, 2.05) is 43.9 Å². The molecule has 1 aliphatic heterocycles. The van der Waals surface area contributed by atoms with Crippen LogP contribution >= 0.6 is 23.8 Å². The van der Waals surface area contributed by atoms with Crippen molar-refractivity contribution in [3.63, 3.8) is 0 Å². The third kappa shape index (κ3) is 6.13. The first-order valence-corrected chi connectivity index (χ1v) is 14.1. The molecular weight excluding hydrogens is 528 g/mol. The van der Waals surface area contributed by atoms with Crippen molar-refractivity contribution in [2.45, 2.75) is 25.7 Å². The highest BCUT2D eigenvalue weighted by atomic mass is 35.5. The van der Waals surface area contributed by atoms with Crippen LogP contribution in [0.15, 0.2) is 65.6 Å². The van der Waals surface area contributed by atoms with Crippen molar-refractivity contribution in [3.8, 4) is 0 Å². The molecule has 1 saturated heterocycles. The van der Waals surface area contributed by atoms with Crippen molar-refractivity contribution in [2.75, 3.05) is 36.4 Å². The summed E-state index contributed by atoms with van der Waals surface area (Å²) < 4.78 is 27.7. The van der Waals surface area contributed by atoms with Crippen molar-refractivity contribution >= 4 is 56.2 Å². The molecule has 0 spiro atoms. The van der Waals surface area contributed by atoms with Crippen LogP contribution in [0.2, 0.25) is 5.02 Å². The molecule has 1 fully saturated rings. The first-order valence-electron chi connectivity index (χ1n) is 11.9. The van der Waals surface area contributed by atoms with E-state index in [9.17, 15) is 13.2 Å². The van der Waals surface area contributed by atoms with Gasteiger partial charge in [0.25, 0.3) is 5.91 Å². The SMILES string of the molecule is Cc1ccc(S(=O)(=O)N2CCN(c3c(Cl)cccc3NC(=S)NC(=O)c3ccc(C)c(C)c3)CC2)cc1. The average molecular weight is 557 g/mol. The minimum absolute atomic E-state index is 0.146. The molecule has 1 heterocycles. The van der Waals surface area contributed by atoms with E-state index in [0.29, 0.717) is 48.1 Å². The molecule has 0 radical (unpaired) electrons. The molecular formula is C27H29ClN4O3S2. The Bertz CT molecular complexity index is 1430. The largest absolute Gasteiger partial charge is 0.366 e. The van der Waals surface area contributed by atoms with Crippen molar-refractivity contribution < 1.29 is 13.2 Å². The molecule has 2 N–H and O–H groups in total. The Morgan fingerprint density at radius 3 is 2.24 bits per heavy atom. The third-order valence-electron chi connectivity index (χ3n) is 6.44. The number of piperazine rings is 1. The summed E-state index contributed by atoms with van der Waals surface area (Å²) in [4.78, 5) is 15.0. The molecule has 194 valence electrons. The Hall–Kier alpha value is -2.98. The van der Waals surface area contributed by atoms with Crippen LogP contribution in [0.5, 0.6) is 0 Å². The fraction of sp³-hybridized carbons (Fsp3) is 0.259. The first kappa shape index (κ1) is 27.1. The molecule has 0 atom stereocenters. The number of para-hydroxylation sites is 1. The molecule has 4 rings (SSSR count). The van der Waals surface area contributed by atoms with Gasteiger partial charge in [-0.1, -0.05) is 41.4 Å². The van der Waals surface area contributed by atoms with Crippen LogP contribution in [-0.2, 0) is 10.0 Å². The van der Waals surface area contributed by atoms with Gasteiger partial charge in [0.2, 0.25) is 10.0 Å². The average Bonchev–Trinajstić information content (AvgIpc) is 2.86. The van der Waals surface area contributed by atoms with E-state index in [-0.39, 0.29) is 15.9 Å². The van der Waals surface area contributed by atoms with Crippen LogP contribution < -0.4 is 15.5 Å².